The number of aromatic nitrogens is 2. The smallest absolute Gasteiger partial charge is 0.356 e. The molecule has 0 saturated heterocycles. The van der Waals surface area contributed by atoms with Crippen LogP contribution in [0.4, 0.5) is 0 Å². The number of likely N-dealkylation sites (N-methyl/N-ethyl adjacent to an activating group) is 1. The van der Waals surface area contributed by atoms with Gasteiger partial charge in [0.2, 0.25) is 5.91 Å². The molecule has 2 aromatic rings. The highest BCUT2D eigenvalue weighted by atomic mass is 16.5. The molecule has 0 radical (unpaired) electrons. The van der Waals surface area contributed by atoms with E-state index in [1.807, 2.05) is 30.3 Å². The molecular weight excluding hydrogens is 300 g/mol. The van der Waals surface area contributed by atoms with Gasteiger partial charge in [0.1, 0.15) is 5.69 Å². The Balaban J connectivity index is 1.86. The van der Waals surface area contributed by atoms with Crippen molar-refractivity contribution in [3.63, 3.8) is 0 Å². The third-order valence-electron chi connectivity index (χ3n) is 2.93. The number of hydrogen-bond acceptors (Lipinski definition) is 5. The number of aromatic amines is 1. The SMILES string of the molecule is CNC(=O)CNC(=O)COC(=O)c1cc(-c2ccccc2)n[nH]1. The standard InChI is InChI=1S/C15H16N4O4/c1-16-13(20)8-17-14(21)9-23-15(22)12-7-11(18-19-12)10-5-3-2-4-6-10/h2-7H,8-9H2,1H3,(H,16,20)(H,17,21)(H,18,19). The quantitative estimate of drug-likeness (QED) is 0.654. The highest BCUT2D eigenvalue weighted by Crippen LogP contribution is 2.17. The first kappa shape index (κ1) is 16.2. The molecule has 23 heavy (non-hydrogen) atoms. The first-order valence-corrected chi connectivity index (χ1v) is 6.85. The number of nitrogens with zero attached hydrogens (tertiary/aromatic N) is 1. The maximum atomic E-state index is 11.8. The van der Waals surface area contributed by atoms with E-state index in [1.54, 1.807) is 6.07 Å². The largest absolute Gasteiger partial charge is 0.451 e. The molecule has 2 amide bonds. The lowest BCUT2D eigenvalue weighted by Crippen LogP contribution is -2.37. The molecule has 0 unspecified atom stereocenters. The van der Waals surface area contributed by atoms with Crippen LogP contribution in [-0.2, 0) is 14.3 Å². The number of hydrogen-bond donors (Lipinski definition) is 3. The number of carbonyl (C=O) groups excluding carboxylic acids is 3. The van der Waals surface area contributed by atoms with Gasteiger partial charge in [0.15, 0.2) is 6.61 Å². The minimum atomic E-state index is -0.699. The number of benzene rings is 1. The Kier molecular flexibility index (Phi) is 5.45. The molecule has 0 aliphatic carbocycles. The fraction of sp³-hybridized carbons (Fsp3) is 0.200. The lowest BCUT2D eigenvalue weighted by Gasteiger charge is -2.04. The summed E-state index contributed by atoms with van der Waals surface area (Å²) in [7, 11) is 1.46. The Hall–Kier alpha value is -3.16. The van der Waals surface area contributed by atoms with Gasteiger partial charge in [-0.15, -0.1) is 0 Å². The van der Waals surface area contributed by atoms with Crippen molar-refractivity contribution in [3.05, 3.63) is 42.1 Å². The van der Waals surface area contributed by atoms with Gasteiger partial charge in [0, 0.05) is 12.6 Å². The van der Waals surface area contributed by atoms with Gasteiger partial charge in [-0.25, -0.2) is 4.79 Å². The molecule has 8 nitrogen and oxygen atoms in total. The van der Waals surface area contributed by atoms with Crippen molar-refractivity contribution < 1.29 is 19.1 Å². The number of esters is 1. The summed E-state index contributed by atoms with van der Waals surface area (Å²) in [6.07, 6.45) is 0. The summed E-state index contributed by atoms with van der Waals surface area (Å²) in [5.41, 5.74) is 1.59. The van der Waals surface area contributed by atoms with E-state index in [-0.39, 0.29) is 18.1 Å². The highest BCUT2D eigenvalue weighted by molar-refractivity contribution is 5.91. The number of ether oxygens (including phenoxy) is 1. The Morgan fingerprint density at radius 2 is 1.91 bits per heavy atom. The molecule has 1 aromatic carbocycles. The number of carbonyl (C=O) groups is 3. The third-order valence-corrected chi connectivity index (χ3v) is 2.93. The molecule has 1 heterocycles. The second-order valence-corrected chi connectivity index (χ2v) is 4.56. The van der Waals surface area contributed by atoms with Crippen molar-refractivity contribution in [2.75, 3.05) is 20.2 Å². The van der Waals surface area contributed by atoms with E-state index in [0.29, 0.717) is 5.69 Å². The lowest BCUT2D eigenvalue weighted by molar-refractivity contribution is -0.127. The summed E-state index contributed by atoms with van der Waals surface area (Å²) in [6.45, 7) is -0.648. The fourth-order valence-electron chi connectivity index (χ4n) is 1.71. The third kappa shape index (κ3) is 4.67. The second kappa shape index (κ2) is 7.74. The first-order chi connectivity index (χ1) is 11.1. The van der Waals surface area contributed by atoms with Crippen LogP contribution in [0.25, 0.3) is 11.3 Å². The molecule has 0 aliphatic rings. The molecule has 0 atom stereocenters. The van der Waals surface area contributed by atoms with Crippen molar-refractivity contribution in [1.82, 2.24) is 20.8 Å². The van der Waals surface area contributed by atoms with Gasteiger partial charge in [-0.1, -0.05) is 30.3 Å². The van der Waals surface area contributed by atoms with Crippen molar-refractivity contribution in [2.45, 2.75) is 0 Å². The van der Waals surface area contributed by atoms with E-state index >= 15 is 0 Å². The van der Waals surface area contributed by atoms with Crippen LogP contribution in [0, 0.1) is 0 Å². The predicted octanol–water partition coefficient (Wildman–Crippen LogP) is 0.0957. The molecule has 0 aliphatic heterocycles. The van der Waals surface area contributed by atoms with Gasteiger partial charge in [-0.2, -0.15) is 5.10 Å². The predicted molar refractivity (Wildman–Crippen MR) is 81.4 cm³/mol. The monoisotopic (exact) mass is 316 g/mol. The van der Waals surface area contributed by atoms with E-state index in [1.165, 1.54) is 7.05 Å². The number of nitrogens with one attached hydrogen (secondary N) is 3. The molecule has 120 valence electrons. The summed E-state index contributed by atoms with van der Waals surface area (Å²) >= 11 is 0. The van der Waals surface area contributed by atoms with Crippen LogP contribution in [0.2, 0.25) is 0 Å². The van der Waals surface area contributed by atoms with Crippen LogP contribution in [0.3, 0.4) is 0 Å². The number of H-pyrrole nitrogens is 1. The van der Waals surface area contributed by atoms with Crippen molar-refractivity contribution >= 4 is 17.8 Å². The van der Waals surface area contributed by atoms with Crippen LogP contribution in [0.5, 0.6) is 0 Å². The Morgan fingerprint density at radius 1 is 1.17 bits per heavy atom. The summed E-state index contributed by atoms with van der Waals surface area (Å²) in [5, 5.41) is 11.3. The van der Waals surface area contributed by atoms with Crippen LogP contribution in [0.15, 0.2) is 36.4 Å². The van der Waals surface area contributed by atoms with Crippen LogP contribution in [0.1, 0.15) is 10.5 Å². The van der Waals surface area contributed by atoms with Gasteiger partial charge in [0.05, 0.1) is 12.2 Å². The molecule has 0 saturated carbocycles. The van der Waals surface area contributed by atoms with Crippen molar-refractivity contribution in [1.29, 1.82) is 0 Å². The molecule has 0 bridgehead atoms. The zero-order valence-electron chi connectivity index (χ0n) is 12.5. The topological polar surface area (TPSA) is 113 Å². The van der Waals surface area contributed by atoms with Gasteiger partial charge in [-0.05, 0) is 6.07 Å². The maximum Gasteiger partial charge on any atom is 0.356 e. The van der Waals surface area contributed by atoms with Crippen molar-refractivity contribution in [2.24, 2.45) is 0 Å². The average Bonchev–Trinajstić information content (AvgIpc) is 3.08. The molecule has 1 aromatic heterocycles. The van der Waals surface area contributed by atoms with Gasteiger partial charge in [-0.3, -0.25) is 14.7 Å². The Bertz CT molecular complexity index is 697. The van der Waals surface area contributed by atoms with E-state index in [2.05, 4.69) is 20.8 Å². The molecule has 2 rings (SSSR count). The highest BCUT2D eigenvalue weighted by Gasteiger charge is 2.14. The Labute approximate surface area is 132 Å². The van der Waals surface area contributed by atoms with Gasteiger partial charge < -0.3 is 15.4 Å². The molecular formula is C15H16N4O4. The summed E-state index contributed by atoms with van der Waals surface area (Å²) < 4.78 is 4.85. The lowest BCUT2D eigenvalue weighted by atomic mass is 10.1. The number of amides is 2. The molecule has 3 N–H and O–H groups in total. The summed E-state index contributed by atoms with van der Waals surface area (Å²) in [6, 6.07) is 10.9. The van der Waals surface area contributed by atoms with E-state index in [4.69, 9.17) is 4.74 Å². The van der Waals surface area contributed by atoms with Gasteiger partial charge in [0.25, 0.3) is 5.91 Å². The maximum absolute atomic E-state index is 11.8. The van der Waals surface area contributed by atoms with Crippen LogP contribution in [-0.4, -0.2) is 48.2 Å². The minimum Gasteiger partial charge on any atom is -0.451 e. The fourth-order valence-corrected chi connectivity index (χ4v) is 1.71. The zero-order valence-corrected chi connectivity index (χ0v) is 12.5. The zero-order chi connectivity index (χ0) is 16.7. The second-order valence-electron chi connectivity index (χ2n) is 4.56. The van der Waals surface area contributed by atoms with Crippen LogP contribution < -0.4 is 10.6 Å². The first-order valence-electron chi connectivity index (χ1n) is 6.85. The normalized spacial score (nSPS) is 9.96. The van der Waals surface area contributed by atoms with E-state index in [0.717, 1.165) is 5.56 Å². The molecule has 0 spiro atoms. The van der Waals surface area contributed by atoms with E-state index in [9.17, 15) is 14.4 Å². The summed E-state index contributed by atoms with van der Waals surface area (Å²) in [4.78, 5) is 34.2. The average molecular weight is 316 g/mol. The number of rotatable bonds is 6. The van der Waals surface area contributed by atoms with Gasteiger partial charge >= 0.3 is 5.97 Å². The van der Waals surface area contributed by atoms with Crippen LogP contribution >= 0.6 is 0 Å². The summed E-state index contributed by atoms with van der Waals surface area (Å²) in [5.74, 6) is -1.61. The molecule has 0 fully saturated rings. The minimum absolute atomic E-state index is 0.142. The molecule has 8 heteroatoms. The van der Waals surface area contributed by atoms with E-state index < -0.39 is 18.5 Å². The van der Waals surface area contributed by atoms with Crippen molar-refractivity contribution in [3.8, 4) is 11.3 Å². The Morgan fingerprint density at radius 3 is 2.61 bits per heavy atom.